The largest absolute Gasteiger partial charge is 0.487 e. The number of hydrogen-bond acceptors (Lipinski definition) is 3. The molecule has 132 valence electrons. The van der Waals surface area contributed by atoms with E-state index >= 15 is 0 Å². The predicted octanol–water partition coefficient (Wildman–Crippen LogP) is 2.71. The van der Waals surface area contributed by atoms with Gasteiger partial charge in [-0.05, 0) is 18.2 Å². The third kappa shape index (κ3) is 3.20. The number of rotatable bonds is 5. The zero-order valence-corrected chi connectivity index (χ0v) is 13.3. The van der Waals surface area contributed by atoms with Crippen LogP contribution in [0.25, 0.3) is 0 Å². The van der Waals surface area contributed by atoms with Crippen LogP contribution in [0.15, 0.2) is 30.3 Å². The first-order valence-corrected chi connectivity index (χ1v) is 8.04. The van der Waals surface area contributed by atoms with Crippen molar-refractivity contribution in [3.8, 4) is 5.75 Å². The Bertz CT molecular complexity index is 821. The average molecular weight is 351 g/mol. The van der Waals surface area contributed by atoms with Crippen molar-refractivity contribution in [1.29, 1.82) is 0 Å². The third-order valence-electron chi connectivity index (χ3n) is 4.50. The van der Waals surface area contributed by atoms with E-state index in [-0.39, 0.29) is 25.5 Å². The van der Waals surface area contributed by atoms with Gasteiger partial charge in [0.2, 0.25) is 0 Å². The van der Waals surface area contributed by atoms with Gasteiger partial charge in [0.05, 0.1) is 6.54 Å². The van der Waals surface area contributed by atoms with Gasteiger partial charge < -0.3 is 9.64 Å². The topological polar surface area (TPSA) is 47.4 Å². The van der Waals surface area contributed by atoms with Crippen LogP contribution < -0.4 is 4.74 Å². The smallest absolute Gasteiger partial charge is 0.272 e. The Balaban J connectivity index is 1.42. The number of nitrogens with zero attached hydrogens (tertiary/aromatic N) is 3. The second-order valence-electron chi connectivity index (χ2n) is 6.40. The van der Waals surface area contributed by atoms with Crippen LogP contribution in [-0.2, 0) is 13.2 Å². The molecule has 0 radical (unpaired) electrons. The molecular weight excluding hydrogens is 335 g/mol. The first kappa shape index (κ1) is 16.0. The van der Waals surface area contributed by atoms with Gasteiger partial charge in [0.25, 0.3) is 11.8 Å². The number of ether oxygens (including phenoxy) is 1. The second kappa shape index (κ2) is 5.79. The van der Waals surface area contributed by atoms with Crippen LogP contribution in [0.3, 0.4) is 0 Å². The normalized spacial score (nSPS) is 21.2. The first-order chi connectivity index (χ1) is 11.9. The fourth-order valence-electron chi connectivity index (χ4n) is 2.98. The van der Waals surface area contributed by atoms with Crippen molar-refractivity contribution in [3.63, 3.8) is 0 Å². The van der Waals surface area contributed by atoms with E-state index in [0.717, 1.165) is 0 Å². The van der Waals surface area contributed by atoms with Gasteiger partial charge in [-0.1, -0.05) is 6.07 Å². The van der Waals surface area contributed by atoms with Crippen LogP contribution >= 0.6 is 0 Å². The molecule has 1 aliphatic carbocycles. The van der Waals surface area contributed by atoms with Crippen molar-refractivity contribution < 1.29 is 22.7 Å². The minimum absolute atomic E-state index is 0.0755. The lowest BCUT2D eigenvalue weighted by atomic mass is 10.2. The number of fused-ring (bicyclic) bond motifs is 1. The Morgan fingerprint density at radius 1 is 1.28 bits per heavy atom. The highest BCUT2D eigenvalue weighted by Gasteiger charge is 2.57. The van der Waals surface area contributed by atoms with Gasteiger partial charge in [0, 0.05) is 31.5 Å². The van der Waals surface area contributed by atoms with E-state index in [1.54, 1.807) is 16.8 Å². The summed E-state index contributed by atoms with van der Waals surface area (Å²) >= 11 is 0. The summed E-state index contributed by atoms with van der Waals surface area (Å²) in [5.41, 5.74) is 0.902. The molecule has 2 aliphatic rings. The fraction of sp³-hybridized carbons (Fsp3) is 0.412. The summed E-state index contributed by atoms with van der Waals surface area (Å²) in [6.45, 7) is 0.993. The number of carbonyl (C=O) groups is 1. The van der Waals surface area contributed by atoms with Gasteiger partial charge in [-0.15, -0.1) is 0 Å². The molecule has 8 heteroatoms. The minimum atomic E-state index is -2.64. The van der Waals surface area contributed by atoms with Crippen LogP contribution in [0.2, 0.25) is 0 Å². The molecule has 0 saturated heterocycles. The highest BCUT2D eigenvalue weighted by molar-refractivity contribution is 5.93. The molecule has 1 aromatic carbocycles. The van der Waals surface area contributed by atoms with Crippen LogP contribution in [0.4, 0.5) is 13.2 Å². The van der Waals surface area contributed by atoms with Gasteiger partial charge in [-0.25, -0.2) is 13.2 Å². The summed E-state index contributed by atoms with van der Waals surface area (Å²) in [6, 6.07) is 7.34. The molecule has 25 heavy (non-hydrogen) atoms. The first-order valence-electron chi connectivity index (χ1n) is 8.04. The molecule has 4 rings (SSSR count). The van der Waals surface area contributed by atoms with Crippen molar-refractivity contribution in [2.75, 3.05) is 13.1 Å². The lowest BCUT2D eigenvalue weighted by Gasteiger charge is -2.27. The van der Waals surface area contributed by atoms with E-state index < -0.39 is 17.7 Å². The number of hydrogen-bond donors (Lipinski definition) is 0. The highest BCUT2D eigenvalue weighted by atomic mass is 19.3. The molecule has 1 saturated carbocycles. The Hall–Kier alpha value is -2.51. The van der Waals surface area contributed by atoms with Gasteiger partial charge in [-0.2, -0.15) is 5.10 Å². The molecule has 2 aromatic rings. The molecule has 2 heterocycles. The lowest BCUT2D eigenvalue weighted by molar-refractivity contribution is 0.0602. The van der Waals surface area contributed by atoms with Gasteiger partial charge in [-0.3, -0.25) is 9.48 Å². The predicted molar refractivity (Wildman–Crippen MR) is 81.9 cm³/mol. The summed E-state index contributed by atoms with van der Waals surface area (Å²) < 4.78 is 46.3. The maximum absolute atomic E-state index is 13.1. The maximum Gasteiger partial charge on any atom is 0.272 e. The molecule has 1 amide bonds. The Kier molecular flexibility index (Phi) is 3.70. The fourth-order valence-corrected chi connectivity index (χ4v) is 2.98. The van der Waals surface area contributed by atoms with Crippen LogP contribution in [0.1, 0.15) is 22.6 Å². The van der Waals surface area contributed by atoms with Crippen molar-refractivity contribution >= 4 is 5.91 Å². The number of halogens is 3. The zero-order chi connectivity index (χ0) is 17.6. The van der Waals surface area contributed by atoms with Crippen molar-refractivity contribution in [2.45, 2.75) is 25.5 Å². The Labute approximate surface area is 142 Å². The highest BCUT2D eigenvalue weighted by Crippen LogP contribution is 2.49. The van der Waals surface area contributed by atoms with E-state index in [1.807, 2.05) is 0 Å². The number of aromatic nitrogens is 2. The number of alkyl halides is 2. The van der Waals surface area contributed by atoms with Gasteiger partial charge >= 0.3 is 0 Å². The van der Waals surface area contributed by atoms with E-state index in [0.29, 0.717) is 30.2 Å². The summed E-state index contributed by atoms with van der Waals surface area (Å²) in [7, 11) is 0. The molecule has 0 bridgehead atoms. The van der Waals surface area contributed by atoms with Crippen LogP contribution in [0.5, 0.6) is 5.75 Å². The second-order valence-corrected chi connectivity index (χ2v) is 6.40. The van der Waals surface area contributed by atoms with Crippen LogP contribution in [0, 0.1) is 11.7 Å². The molecule has 1 aromatic heterocycles. The van der Waals surface area contributed by atoms with E-state index in [9.17, 15) is 18.0 Å². The molecule has 5 nitrogen and oxygen atoms in total. The quantitative estimate of drug-likeness (QED) is 0.832. The standard InChI is InChI=1S/C17H16F3N3O2/c18-12-2-1-3-14(6-12)25-10-13-7-15-16(24)22(4-5-23(15)21-13)9-11-8-17(11,19)20/h1-3,6-7,11H,4-5,8-10H2/t11-/m1/s1. The van der Waals surface area contributed by atoms with Crippen molar-refractivity contribution in [1.82, 2.24) is 14.7 Å². The monoisotopic (exact) mass is 351 g/mol. The summed E-state index contributed by atoms with van der Waals surface area (Å²) in [5.74, 6) is -3.69. The summed E-state index contributed by atoms with van der Waals surface area (Å²) in [4.78, 5) is 13.9. The third-order valence-corrected chi connectivity index (χ3v) is 4.50. The molecule has 0 N–H and O–H groups in total. The van der Waals surface area contributed by atoms with Crippen LogP contribution in [-0.4, -0.2) is 39.6 Å². The molecular formula is C17H16F3N3O2. The molecule has 1 atom stereocenters. The molecule has 1 aliphatic heterocycles. The van der Waals surface area contributed by atoms with E-state index in [1.165, 1.54) is 23.1 Å². The Morgan fingerprint density at radius 2 is 2.08 bits per heavy atom. The van der Waals surface area contributed by atoms with E-state index in [4.69, 9.17) is 4.74 Å². The maximum atomic E-state index is 13.1. The number of benzene rings is 1. The number of carbonyl (C=O) groups excluding carboxylic acids is 1. The lowest BCUT2D eigenvalue weighted by Crippen LogP contribution is -2.41. The van der Waals surface area contributed by atoms with Crippen molar-refractivity contribution in [3.05, 3.63) is 47.5 Å². The average Bonchev–Trinajstić information content (AvgIpc) is 2.98. The molecule has 0 unspecified atom stereocenters. The SMILES string of the molecule is O=C1c2cc(COc3cccc(F)c3)nn2CCN1C[C@H]1CC1(F)F. The molecule has 1 fully saturated rings. The van der Waals surface area contributed by atoms with Crippen molar-refractivity contribution in [2.24, 2.45) is 5.92 Å². The minimum Gasteiger partial charge on any atom is -0.487 e. The summed E-state index contributed by atoms with van der Waals surface area (Å²) in [5, 5.41) is 4.30. The zero-order valence-electron chi connectivity index (χ0n) is 13.3. The van der Waals surface area contributed by atoms with Gasteiger partial charge in [0.15, 0.2) is 0 Å². The van der Waals surface area contributed by atoms with Gasteiger partial charge in [0.1, 0.15) is 29.6 Å². The molecule has 0 spiro atoms. The number of amides is 1. The Morgan fingerprint density at radius 3 is 2.80 bits per heavy atom. The van der Waals surface area contributed by atoms with E-state index in [2.05, 4.69) is 5.10 Å². The summed E-state index contributed by atoms with van der Waals surface area (Å²) in [6.07, 6.45) is -0.150.